The van der Waals surface area contributed by atoms with E-state index in [1.807, 2.05) is 42.8 Å². The lowest BCUT2D eigenvalue weighted by atomic mass is 10.2. The Morgan fingerprint density at radius 1 is 0.962 bits per heavy atom. The van der Waals surface area contributed by atoms with E-state index in [1.165, 1.54) is 12.1 Å². The molecule has 0 saturated heterocycles. The van der Waals surface area contributed by atoms with Gasteiger partial charge in [0.05, 0.1) is 22.4 Å². The summed E-state index contributed by atoms with van der Waals surface area (Å²) < 4.78 is 15.0. The molecule has 0 fully saturated rings. The first kappa shape index (κ1) is 16.7. The van der Waals surface area contributed by atoms with Crippen molar-refractivity contribution in [1.29, 1.82) is 0 Å². The van der Waals surface area contributed by atoms with Crippen LogP contribution in [0.4, 0.5) is 4.39 Å². The molecule has 0 aliphatic rings. The van der Waals surface area contributed by atoms with Crippen LogP contribution in [0, 0.1) is 12.7 Å². The Kier molecular flexibility index (Phi) is 4.38. The third-order valence-corrected chi connectivity index (χ3v) is 5.15. The monoisotopic (exact) mass is 365 g/mol. The van der Waals surface area contributed by atoms with Crippen LogP contribution in [0.25, 0.3) is 22.4 Å². The van der Waals surface area contributed by atoms with Crippen molar-refractivity contribution in [3.8, 4) is 11.4 Å². The molecular weight excluding hydrogens is 349 g/mol. The first-order valence-electron chi connectivity index (χ1n) is 8.12. The fourth-order valence-corrected chi connectivity index (χ4v) is 3.60. The quantitative estimate of drug-likeness (QED) is 0.508. The van der Waals surface area contributed by atoms with Gasteiger partial charge in [0.25, 0.3) is 0 Å². The summed E-state index contributed by atoms with van der Waals surface area (Å²) in [5.74, 6) is 1.09. The topological polar surface area (TPSA) is 56.5 Å². The summed E-state index contributed by atoms with van der Waals surface area (Å²) in [6, 6.07) is 14.1. The molecule has 2 aromatic carbocycles. The number of thioether (sulfide) groups is 1. The second-order valence-corrected chi connectivity index (χ2v) is 6.85. The number of fused-ring (bicyclic) bond motifs is 1. The number of nitrogens with zero attached hydrogens (tertiary/aromatic N) is 5. The smallest absolute Gasteiger partial charge is 0.191 e. The zero-order chi connectivity index (χ0) is 18.1. The summed E-state index contributed by atoms with van der Waals surface area (Å²) in [5.41, 5.74) is 4.46. The highest BCUT2D eigenvalue weighted by molar-refractivity contribution is 7.98. The van der Waals surface area contributed by atoms with E-state index < -0.39 is 0 Å². The van der Waals surface area contributed by atoms with E-state index in [9.17, 15) is 4.39 Å². The van der Waals surface area contributed by atoms with Crippen LogP contribution >= 0.6 is 11.8 Å². The van der Waals surface area contributed by atoms with E-state index in [-0.39, 0.29) is 5.82 Å². The van der Waals surface area contributed by atoms with Gasteiger partial charge in [0.1, 0.15) is 5.82 Å². The minimum atomic E-state index is -0.268. The maximum absolute atomic E-state index is 13.1. The van der Waals surface area contributed by atoms with Crippen LogP contribution in [0.2, 0.25) is 0 Å². The Hall–Kier alpha value is -2.80. The van der Waals surface area contributed by atoms with Crippen molar-refractivity contribution in [3.63, 3.8) is 0 Å². The zero-order valence-corrected chi connectivity index (χ0v) is 15.2. The highest BCUT2D eigenvalue weighted by Gasteiger charge is 2.13. The number of hydrogen-bond acceptors (Lipinski definition) is 5. The van der Waals surface area contributed by atoms with Crippen LogP contribution in [0.5, 0.6) is 0 Å². The van der Waals surface area contributed by atoms with Gasteiger partial charge in [-0.25, -0.2) is 14.4 Å². The third-order valence-electron chi connectivity index (χ3n) is 4.12. The molecule has 26 heavy (non-hydrogen) atoms. The SMILES string of the molecule is Cc1nc2ccccc2nc1CSc1nnc(-c2ccc(F)cc2)n1C. The van der Waals surface area contributed by atoms with E-state index in [0.29, 0.717) is 11.6 Å². The molecule has 130 valence electrons. The molecular formula is C19H16FN5S. The lowest BCUT2D eigenvalue weighted by molar-refractivity contribution is 0.628. The standard InChI is InChI=1S/C19H16FN5S/c1-12-17(22-16-6-4-3-5-15(16)21-12)11-26-19-24-23-18(25(19)2)13-7-9-14(20)10-8-13/h3-10H,11H2,1-2H3. The zero-order valence-electron chi connectivity index (χ0n) is 14.3. The molecule has 7 heteroatoms. The lowest BCUT2D eigenvalue weighted by Crippen LogP contribution is -1.99. The lowest BCUT2D eigenvalue weighted by Gasteiger charge is -2.07. The number of benzene rings is 2. The number of aryl methyl sites for hydroxylation is 1. The number of halogens is 1. The van der Waals surface area contributed by atoms with Crippen LogP contribution in [-0.4, -0.2) is 24.7 Å². The van der Waals surface area contributed by atoms with E-state index in [4.69, 9.17) is 4.98 Å². The Bertz CT molecular complexity index is 1080. The number of aromatic nitrogens is 5. The van der Waals surface area contributed by atoms with Crippen LogP contribution in [-0.2, 0) is 12.8 Å². The molecule has 0 amide bonds. The van der Waals surface area contributed by atoms with Gasteiger partial charge >= 0.3 is 0 Å². The first-order chi connectivity index (χ1) is 12.6. The van der Waals surface area contributed by atoms with Gasteiger partial charge in [0.15, 0.2) is 11.0 Å². The molecule has 2 aromatic heterocycles. The molecule has 0 atom stereocenters. The summed E-state index contributed by atoms with van der Waals surface area (Å²) in [7, 11) is 1.90. The summed E-state index contributed by atoms with van der Waals surface area (Å²) in [6.45, 7) is 1.97. The van der Waals surface area contributed by atoms with Gasteiger partial charge in [0, 0.05) is 18.4 Å². The van der Waals surface area contributed by atoms with Crippen molar-refractivity contribution in [2.24, 2.45) is 7.05 Å². The highest BCUT2D eigenvalue weighted by atomic mass is 32.2. The molecule has 0 N–H and O–H groups in total. The van der Waals surface area contributed by atoms with Gasteiger partial charge in [-0.2, -0.15) is 0 Å². The number of hydrogen-bond donors (Lipinski definition) is 0. The van der Waals surface area contributed by atoms with Gasteiger partial charge in [-0.15, -0.1) is 10.2 Å². The summed E-state index contributed by atoms with van der Waals surface area (Å²) in [4.78, 5) is 9.33. The molecule has 2 heterocycles. The maximum Gasteiger partial charge on any atom is 0.191 e. The van der Waals surface area contributed by atoms with Crippen LogP contribution in [0.3, 0.4) is 0 Å². The van der Waals surface area contributed by atoms with Crippen molar-refractivity contribution in [2.75, 3.05) is 0 Å². The van der Waals surface area contributed by atoms with Crippen molar-refractivity contribution in [3.05, 3.63) is 65.7 Å². The van der Waals surface area contributed by atoms with Crippen LogP contribution in [0.15, 0.2) is 53.7 Å². The molecule has 0 spiro atoms. The highest BCUT2D eigenvalue weighted by Crippen LogP contribution is 2.26. The third kappa shape index (κ3) is 3.17. The fourth-order valence-electron chi connectivity index (χ4n) is 2.69. The van der Waals surface area contributed by atoms with Crippen molar-refractivity contribution >= 4 is 22.8 Å². The van der Waals surface area contributed by atoms with E-state index in [0.717, 1.165) is 33.1 Å². The normalized spacial score (nSPS) is 11.2. The predicted octanol–water partition coefficient (Wildman–Crippen LogP) is 4.17. The molecule has 5 nitrogen and oxygen atoms in total. The largest absolute Gasteiger partial charge is 0.305 e. The average molecular weight is 365 g/mol. The number of para-hydroxylation sites is 2. The molecule has 0 aliphatic carbocycles. The van der Waals surface area contributed by atoms with Crippen LogP contribution < -0.4 is 0 Å². The van der Waals surface area contributed by atoms with Crippen molar-refractivity contribution in [1.82, 2.24) is 24.7 Å². The Balaban J connectivity index is 1.57. The predicted molar refractivity (Wildman–Crippen MR) is 100 cm³/mol. The molecule has 0 aliphatic heterocycles. The van der Waals surface area contributed by atoms with Gasteiger partial charge < -0.3 is 4.57 Å². The second kappa shape index (κ2) is 6.84. The molecule has 0 unspecified atom stereocenters. The average Bonchev–Trinajstić information content (AvgIpc) is 3.01. The van der Waals surface area contributed by atoms with Gasteiger partial charge in [0.2, 0.25) is 0 Å². The van der Waals surface area contributed by atoms with Gasteiger partial charge in [-0.1, -0.05) is 23.9 Å². The van der Waals surface area contributed by atoms with E-state index >= 15 is 0 Å². The molecule has 0 bridgehead atoms. The van der Waals surface area contributed by atoms with Crippen LogP contribution in [0.1, 0.15) is 11.4 Å². The second-order valence-electron chi connectivity index (χ2n) is 5.91. The maximum atomic E-state index is 13.1. The van der Waals surface area contributed by atoms with E-state index in [1.54, 1.807) is 23.9 Å². The van der Waals surface area contributed by atoms with Crippen molar-refractivity contribution in [2.45, 2.75) is 17.8 Å². The first-order valence-corrected chi connectivity index (χ1v) is 9.11. The molecule has 0 radical (unpaired) electrons. The number of rotatable bonds is 4. The summed E-state index contributed by atoms with van der Waals surface area (Å²) >= 11 is 1.55. The van der Waals surface area contributed by atoms with Gasteiger partial charge in [-0.3, -0.25) is 0 Å². The summed E-state index contributed by atoms with van der Waals surface area (Å²) in [5, 5.41) is 9.27. The summed E-state index contributed by atoms with van der Waals surface area (Å²) in [6.07, 6.45) is 0. The fraction of sp³-hybridized carbons (Fsp3) is 0.158. The molecule has 0 saturated carbocycles. The Labute approximate surface area is 154 Å². The Morgan fingerprint density at radius 2 is 1.65 bits per heavy atom. The van der Waals surface area contributed by atoms with E-state index in [2.05, 4.69) is 15.2 Å². The molecule has 4 rings (SSSR count). The molecule has 4 aromatic rings. The minimum absolute atomic E-state index is 0.268. The Morgan fingerprint density at radius 3 is 2.38 bits per heavy atom. The minimum Gasteiger partial charge on any atom is -0.305 e. The van der Waals surface area contributed by atoms with Gasteiger partial charge in [-0.05, 0) is 43.3 Å². The van der Waals surface area contributed by atoms with Crippen molar-refractivity contribution < 1.29 is 4.39 Å².